The summed E-state index contributed by atoms with van der Waals surface area (Å²) in [7, 11) is 0. The van der Waals surface area contributed by atoms with Crippen LogP contribution in [0.3, 0.4) is 0 Å². The highest BCUT2D eigenvalue weighted by Gasteiger charge is 2.26. The van der Waals surface area contributed by atoms with Gasteiger partial charge in [-0.25, -0.2) is 0 Å². The number of ether oxygens (including phenoxy) is 1. The van der Waals surface area contributed by atoms with Crippen LogP contribution in [0.1, 0.15) is 16.9 Å². The highest BCUT2D eigenvalue weighted by Crippen LogP contribution is 2.29. The van der Waals surface area contributed by atoms with Crippen molar-refractivity contribution in [2.75, 3.05) is 16.5 Å². The van der Waals surface area contributed by atoms with Crippen molar-refractivity contribution in [2.24, 2.45) is 0 Å². The maximum atomic E-state index is 6.08. The number of rotatable bonds is 2. The molecule has 3 aromatic rings. The number of aromatic nitrogens is 1. The number of nitrogens with zero attached hydrogens (tertiary/aromatic N) is 3. The molecule has 1 aliphatic heterocycles. The minimum atomic E-state index is 0.326. The summed E-state index contributed by atoms with van der Waals surface area (Å²) >= 11 is 5.82. The Hall–Kier alpha value is -2.86. The molecule has 132 valence electrons. The Morgan fingerprint density at radius 2 is 1.81 bits per heavy atom. The van der Waals surface area contributed by atoms with E-state index < -0.39 is 0 Å². The molecule has 1 aromatic heterocycles. The monoisotopic (exact) mass is 365 g/mol. The normalized spacial score (nSPS) is 14.5. The molecule has 0 saturated carbocycles. The van der Waals surface area contributed by atoms with Crippen LogP contribution in [0.25, 0.3) is 0 Å². The number of benzene rings is 2. The van der Waals surface area contributed by atoms with E-state index in [0.29, 0.717) is 24.2 Å². The minimum absolute atomic E-state index is 0.326. The average Bonchev–Trinajstić information content (AvgIpc) is 3.06. The van der Waals surface area contributed by atoms with Gasteiger partial charge in [-0.1, -0.05) is 41.1 Å². The molecule has 26 heavy (non-hydrogen) atoms. The second-order valence-corrected chi connectivity index (χ2v) is 6.68. The molecule has 0 saturated heterocycles. The van der Waals surface area contributed by atoms with E-state index in [0.717, 1.165) is 22.8 Å². The molecule has 0 atom stereocenters. The molecule has 0 N–H and O–H groups in total. The predicted molar refractivity (Wildman–Crippen MR) is 106 cm³/mol. The molecule has 0 bridgehead atoms. The van der Waals surface area contributed by atoms with E-state index in [1.54, 1.807) is 0 Å². The lowest BCUT2D eigenvalue weighted by atomic mass is 10.1. The summed E-state index contributed by atoms with van der Waals surface area (Å²) in [5.74, 6) is 2.30. The predicted octanol–water partition coefficient (Wildman–Crippen LogP) is 4.44. The first-order valence-corrected chi connectivity index (χ1v) is 8.82. The van der Waals surface area contributed by atoms with Crippen molar-refractivity contribution in [3.8, 4) is 5.75 Å². The Morgan fingerprint density at radius 3 is 2.54 bits per heavy atom. The summed E-state index contributed by atoms with van der Waals surface area (Å²) in [4.78, 5) is 3.95. The molecular weight excluding hydrogens is 346 g/mol. The first-order valence-electron chi connectivity index (χ1n) is 8.41. The van der Waals surface area contributed by atoms with E-state index >= 15 is 0 Å². The summed E-state index contributed by atoms with van der Waals surface area (Å²) in [6, 6.07) is 18.1. The average molecular weight is 365 g/mol. The molecule has 2 aromatic carbocycles. The van der Waals surface area contributed by atoms with Gasteiger partial charge in [0.1, 0.15) is 11.5 Å². The molecule has 6 heteroatoms. The Morgan fingerprint density at radius 1 is 1.00 bits per heavy atom. The number of hydrogen-bond acceptors (Lipinski definition) is 4. The zero-order valence-corrected chi connectivity index (χ0v) is 15.5. The highest BCUT2D eigenvalue weighted by molar-refractivity contribution is 7.80. The molecule has 1 aliphatic rings. The second kappa shape index (κ2) is 6.80. The van der Waals surface area contributed by atoms with Crippen LogP contribution in [0.15, 0.2) is 59.1 Å². The molecule has 0 aliphatic carbocycles. The summed E-state index contributed by atoms with van der Waals surface area (Å²) < 4.78 is 11.4. The van der Waals surface area contributed by atoms with Crippen molar-refractivity contribution in [1.82, 2.24) is 5.16 Å². The molecule has 5 nitrogen and oxygen atoms in total. The van der Waals surface area contributed by atoms with Crippen LogP contribution >= 0.6 is 12.2 Å². The summed E-state index contributed by atoms with van der Waals surface area (Å²) in [5, 5.41) is 4.80. The van der Waals surface area contributed by atoms with Crippen molar-refractivity contribution < 1.29 is 9.26 Å². The molecule has 0 spiro atoms. The van der Waals surface area contributed by atoms with Crippen molar-refractivity contribution in [3.63, 3.8) is 0 Å². The van der Waals surface area contributed by atoms with Crippen molar-refractivity contribution in [1.29, 1.82) is 0 Å². The van der Waals surface area contributed by atoms with Gasteiger partial charge in [0.25, 0.3) is 0 Å². The maximum absolute atomic E-state index is 6.08. The lowest BCUT2D eigenvalue weighted by Gasteiger charge is -2.35. The molecule has 4 rings (SSSR count). The van der Waals surface area contributed by atoms with Crippen LogP contribution in [0, 0.1) is 13.8 Å². The number of para-hydroxylation sites is 1. The zero-order valence-electron chi connectivity index (χ0n) is 14.7. The Labute approximate surface area is 157 Å². The van der Waals surface area contributed by atoms with E-state index in [9.17, 15) is 0 Å². The fraction of sp³-hybridized carbons (Fsp3) is 0.200. The molecule has 2 heterocycles. The zero-order chi connectivity index (χ0) is 18.1. The summed E-state index contributed by atoms with van der Waals surface area (Å²) in [6.45, 7) is 4.83. The van der Waals surface area contributed by atoms with Crippen molar-refractivity contribution in [2.45, 2.75) is 20.4 Å². The van der Waals surface area contributed by atoms with E-state index in [-0.39, 0.29) is 0 Å². The van der Waals surface area contributed by atoms with E-state index in [2.05, 4.69) is 24.2 Å². The standard InChI is InChI=1S/C20H19N3O2S/c1-14-8-9-18-16(10-14)12-22(19-11-15(2)25-21-19)20(26)23(13-24-18)17-6-4-3-5-7-17/h3-11H,12-13H2,1-2H3. The number of thiocarbonyl (C=S) groups is 1. The SMILES string of the molecule is Cc1ccc2c(c1)CN(c1cc(C)on1)C(=S)N(c1ccccc1)CO2. The van der Waals surface area contributed by atoms with Gasteiger partial charge in [-0.3, -0.25) is 9.80 Å². The molecule has 0 amide bonds. The van der Waals surface area contributed by atoms with Gasteiger partial charge in [-0.2, -0.15) is 0 Å². The third-order valence-electron chi connectivity index (χ3n) is 4.32. The van der Waals surface area contributed by atoms with Crippen LogP contribution in [0.5, 0.6) is 5.75 Å². The van der Waals surface area contributed by atoms with Crippen LogP contribution in [-0.4, -0.2) is 17.0 Å². The molecular formula is C20H19N3O2S. The fourth-order valence-corrected chi connectivity index (χ4v) is 3.31. The lowest BCUT2D eigenvalue weighted by Crippen LogP contribution is -2.46. The van der Waals surface area contributed by atoms with E-state index in [4.69, 9.17) is 21.5 Å². The Balaban J connectivity index is 1.79. The first-order chi connectivity index (χ1) is 12.6. The van der Waals surface area contributed by atoms with Gasteiger partial charge in [-0.05, 0) is 44.3 Å². The highest BCUT2D eigenvalue weighted by atomic mass is 32.1. The van der Waals surface area contributed by atoms with Gasteiger partial charge < -0.3 is 9.26 Å². The van der Waals surface area contributed by atoms with Gasteiger partial charge in [-0.15, -0.1) is 0 Å². The topological polar surface area (TPSA) is 41.7 Å². The van der Waals surface area contributed by atoms with Gasteiger partial charge in [0.15, 0.2) is 17.7 Å². The van der Waals surface area contributed by atoms with Gasteiger partial charge >= 0.3 is 0 Å². The van der Waals surface area contributed by atoms with Crippen LogP contribution < -0.4 is 14.5 Å². The van der Waals surface area contributed by atoms with Gasteiger partial charge in [0, 0.05) is 17.3 Å². The lowest BCUT2D eigenvalue weighted by molar-refractivity contribution is 0.323. The van der Waals surface area contributed by atoms with Gasteiger partial charge in [0.2, 0.25) is 0 Å². The fourth-order valence-electron chi connectivity index (χ4n) is 3.00. The van der Waals surface area contributed by atoms with E-state index in [1.807, 2.05) is 59.2 Å². The van der Waals surface area contributed by atoms with Crippen LogP contribution in [-0.2, 0) is 6.54 Å². The van der Waals surface area contributed by atoms with Crippen molar-refractivity contribution in [3.05, 3.63) is 71.5 Å². The summed E-state index contributed by atoms with van der Waals surface area (Å²) in [5.41, 5.74) is 3.22. The van der Waals surface area contributed by atoms with Crippen LogP contribution in [0.4, 0.5) is 11.5 Å². The number of aryl methyl sites for hydroxylation is 2. The quantitative estimate of drug-likeness (QED) is 0.626. The third-order valence-corrected chi connectivity index (χ3v) is 4.76. The van der Waals surface area contributed by atoms with Gasteiger partial charge in [0.05, 0.1) is 6.54 Å². The molecule has 0 unspecified atom stereocenters. The minimum Gasteiger partial charge on any atom is -0.472 e. The van der Waals surface area contributed by atoms with Crippen molar-refractivity contribution >= 4 is 28.8 Å². The van der Waals surface area contributed by atoms with Crippen LogP contribution in [0.2, 0.25) is 0 Å². The van der Waals surface area contributed by atoms with E-state index in [1.165, 1.54) is 5.56 Å². The maximum Gasteiger partial charge on any atom is 0.184 e. The molecule has 0 fully saturated rings. The summed E-state index contributed by atoms with van der Waals surface area (Å²) in [6.07, 6.45) is 0. The second-order valence-electron chi connectivity index (χ2n) is 6.31. The smallest absolute Gasteiger partial charge is 0.184 e. The first kappa shape index (κ1) is 16.6. The molecule has 0 radical (unpaired) electrons. The Kier molecular flexibility index (Phi) is 4.34. The largest absolute Gasteiger partial charge is 0.472 e. The third kappa shape index (κ3) is 3.15. The number of hydrogen-bond donors (Lipinski definition) is 0. The number of anilines is 2. The Bertz CT molecular complexity index is 939. The number of fused-ring (bicyclic) bond motifs is 1.